The van der Waals surface area contributed by atoms with E-state index in [2.05, 4.69) is 16.0 Å². The van der Waals surface area contributed by atoms with Gasteiger partial charge in [-0.1, -0.05) is 0 Å². The number of amides is 2. The summed E-state index contributed by atoms with van der Waals surface area (Å²) in [5.74, 6) is 0.312. The molecule has 19 heavy (non-hydrogen) atoms. The van der Waals surface area contributed by atoms with E-state index in [0.717, 1.165) is 0 Å². The van der Waals surface area contributed by atoms with Crippen molar-refractivity contribution in [2.75, 3.05) is 24.8 Å². The molecule has 1 rings (SSSR count). The van der Waals surface area contributed by atoms with Crippen LogP contribution in [0.4, 0.5) is 11.4 Å². The number of carbonyl (C=O) groups is 2. The quantitative estimate of drug-likeness (QED) is 0.747. The van der Waals surface area contributed by atoms with Gasteiger partial charge in [0.1, 0.15) is 11.8 Å². The molecule has 0 bridgehead atoms. The molecular formula is C13H19N3O3. The van der Waals surface area contributed by atoms with Crippen molar-refractivity contribution in [2.24, 2.45) is 0 Å². The van der Waals surface area contributed by atoms with Gasteiger partial charge in [-0.25, -0.2) is 0 Å². The van der Waals surface area contributed by atoms with E-state index in [-0.39, 0.29) is 11.8 Å². The van der Waals surface area contributed by atoms with Crippen LogP contribution in [0.25, 0.3) is 0 Å². The highest BCUT2D eigenvalue weighted by Crippen LogP contribution is 2.28. The second kappa shape index (κ2) is 6.63. The zero-order valence-corrected chi connectivity index (χ0v) is 11.5. The number of methoxy groups -OCH3 is 1. The molecule has 1 unspecified atom stereocenters. The smallest absolute Gasteiger partial charge is 0.241 e. The Labute approximate surface area is 112 Å². The normalized spacial score (nSPS) is 11.4. The molecule has 1 aromatic carbocycles. The summed E-state index contributed by atoms with van der Waals surface area (Å²) < 4.78 is 5.21. The number of likely N-dealkylation sites (N-methyl/N-ethyl adjacent to an activating group) is 1. The first-order chi connectivity index (χ1) is 8.97. The SMILES string of the molecule is CNC(=O)C(C)Nc1cc(NC(C)=O)ccc1OC. The van der Waals surface area contributed by atoms with Crippen LogP contribution in [-0.2, 0) is 9.59 Å². The van der Waals surface area contributed by atoms with Gasteiger partial charge in [-0.05, 0) is 25.1 Å². The zero-order chi connectivity index (χ0) is 14.4. The molecule has 0 aliphatic rings. The van der Waals surface area contributed by atoms with E-state index in [1.54, 1.807) is 39.3 Å². The first kappa shape index (κ1) is 14.8. The van der Waals surface area contributed by atoms with Gasteiger partial charge in [-0.3, -0.25) is 9.59 Å². The van der Waals surface area contributed by atoms with Crippen molar-refractivity contribution in [1.29, 1.82) is 0 Å². The zero-order valence-electron chi connectivity index (χ0n) is 11.5. The summed E-state index contributed by atoms with van der Waals surface area (Å²) >= 11 is 0. The lowest BCUT2D eigenvalue weighted by atomic mass is 10.2. The Balaban J connectivity index is 2.95. The molecule has 0 aliphatic heterocycles. The Morgan fingerprint density at radius 3 is 2.53 bits per heavy atom. The fraction of sp³-hybridized carbons (Fsp3) is 0.385. The Hall–Kier alpha value is -2.24. The minimum atomic E-state index is -0.411. The van der Waals surface area contributed by atoms with Crippen LogP contribution >= 0.6 is 0 Å². The van der Waals surface area contributed by atoms with Gasteiger partial charge in [0.05, 0.1) is 12.8 Å². The van der Waals surface area contributed by atoms with E-state index in [1.165, 1.54) is 6.92 Å². The van der Waals surface area contributed by atoms with Crippen molar-refractivity contribution in [1.82, 2.24) is 5.32 Å². The van der Waals surface area contributed by atoms with Gasteiger partial charge in [0.25, 0.3) is 0 Å². The fourth-order valence-corrected chi connectivity index (χ4v) is 1.62. The van der Waals surface area contributed by atoms with Crippen molar-refractivity contribution < 1.29 is 14.3 Å². The van der Waals surface area contributed by atoms with E-state index < -0.39 is 6.04 Å². The van der Waals surface area contributed by atoms with Crippen LogP contribution in [0, 0.1) is 0 Å². The van der Waals surface area contributed by atoms with E-state index in [1.807, 2.05) is 0 Å². The number of hydrogen-bond acceptors (Lipinski definition) is 4. The third-order valence-corrected chi connectivity index (χ3v) is 2.53. The first-order valence-corrected chi connectivity index (χ1v) is 5.91. The molecule has 2 amide bonds. The van der Waals surface area contributed by atoms with E-state index in [0.29, 0.717) is 17.1 Å². The molecule has 6 nitrogen and oxygen atoms in total. The molecule has 1 atom stereocenters. The predicted molar refractivity (Wildman–Crippen MR) is 74.4 cm³/mol. The number of anilines is 2. The summed E-state index contributed by atoms with van der Waals surface area (Å²) in [5.41, 5.74) is 1.28. The third kappa shape index (κ3) is 4.17. The summed E-state index contributed by atoms with van der Waals surface area (Å²) in [7, 11) is 3.12. The number of ether oxygens (including phenoxy) is 1. The lowest BCUT2D eigenvalue weighted by molar-refractivity contribution is -0.121. The lowest BCUT2D eigenvalue weighted by Gasteiger charge is -2.17. The van der Waals surface area contributed by atoms with Crippen LogP contribution in [0.15, 0.2) is 18.2 Å². The van der Waals surface area contributed by atoms with Crippen molar-refractivity contribution in [3.05, 3.63) is 18.2 Å². The van der Waals surface area contributed by atoms with E-state index in [4.69, 9.17) is 4.74 Å². The van der Waals surface area contributed by atoms with Crippen LogP contribution in [0.5, 0.6) is 5.75 Å². The van der Waals surface area contributed by atoms with Crippen molar-refractivity contribution in [3.8, 4) is 5.75 Å². The summed E-state index contributed by atoms with van der Waals surface area (Å²) in [6, 6.07) is 4.77. The average molecular weight is 265 g/mol. The number of benzene rings is 1. The maximum absolute atomic E-state index is 11.5. The highest BCUT2D eigenvalue weighted by atomic mass is 16.5. The highest BCUT2D eigenvalue weighted by molar-refractivity contribution is 5.90. The van der Waals surface area contributed by atoms with Gasteiger partial charge in [0.2, 0.25) is 11.8 Å². The van der Waals surface area contributed by atoms with Gasteiger partial charge in [0, 0.05) is 19.7 Å². The first-order valence-electron chi connectivity index (χ1n) is 5.91. The van der Waals surface area contributed by atoms with Crippen molar-refractivity contribution >= 4 is 23.2 Å². The van der Waals surface area contributed by atoms with Crippen molar-refractivity contribution in [2.45, 2.75) is 19.9 Å². The molecule has 0 saturated heterocycles. The number of nitrogens with one attached hydrogen (secondary N) is 3. The number of rotatable bonds is 5. The predicted octanol–water partition coefficient (Wildman–Crippen LogP) is 1.20. The average Bonchev–Trinajstić information content (AvgIpc) is 2.37. The third-order valence-electron chi connectivity index (χ3n) is 2.53. The maximum atomic E-state index is 11.5. The largest absolute Gasteiger partial charge is 0.495 e. The molecular weight excluding hydrogens is 246 g/mol. The summed E-state index contributed by atoms with van der Waals surface area (Å²) in [4.78, 5) is 22.5. The van der Waals surface area contributed by atoms with Gasteiger partial charge >= 0.3 is 0 Å². The molecule has 104 valence electrons. The molecule has 0 aromatic heterocycles. The molecule has 6 heteroatoms. The fourth-order valence-electron chi connectivity index (χ4n) is 1.62. The standard InChI is InChI=1S/C13H19N3O3/c1-8(13(18)14-3)15-11-7-10(16-9(2)17)5-6-12(11)19-4/h5-8,15H,1-4H3,(H,14,18)(H,16,17). The second-order valence-electron chi connectivity index (χ2n) is 4.08. The summed E-state index contributed by atoms with van der Waals surface area (Å²) in [6.45, 7) is 3.17. The molecule has 0 heterocycles. The minimum Gasteiger partial charge on any atom is -0.495 e. The molecule has 0 spiro atoms. The molecule has 1 aromatic rings. The summed E-state index contributed by atoms with van der Waals surface area (Å²) in [6.07, 6.45) is 0. The number of hydrogen-bond donors (Lipinski definition) is 3. The maximum Gasteiger partial charge on any atom is 0.241 e. The molecule has 3 N–H and O–H groups in total. The van der Waals surface area contributed by atoms with Gasteiger partial charge in [-0.15, -0.1) is 0 Å². The van der Waals surface area contributed by atoms with Crippen LogP contribution in [-0.4, -0.2) is 32.0 Å². The Bertz CT molecular complexity index is 474. The van der Waals surface area contributed by atoms with Crippen LogP contribution in [0.2, 0.25) is 0 Å². The Morgan fingerprint density at radius 1 is 1.32 bits per heavy atom. The highest BCUT2D eigenvalue weighted by Gasteiger charge is 2.13. The van der Waals surface area contributed by atoms with Gasteiger partial charge in [0.15, 0.2) is 0 Å². The van der Waals surface area contributed by atoms with Crippen LogP contribution in [0.3, 0.4) is 0 Å². The van der Waals surface area contributed by atoms with Crippen molar-refractivity contribution in [3.63, 3.8) is 0 Å². The molecule has 0 aliphatic carbocycles. The van der Waals surface area contributed by atoms with E-state index in [9.17, 15) is 9.59 Å². The molecule has 0 radical (unpaired) electrons. The topological polar surface area (TPSA) is 79.5 Å². The van der Waals surface area contributed by atoms with Crippen LogP contribution in [0.1, 0.15) is 13.8 Å². The molecule has 0 saturated carbocycles. The number of carbonyl (C=O) groups excluding carboxylic acids is 2. The Kier molecular flexibility index (Phi) is 5.17. The van der Waals surface area contributed by atoms with Crippen LogP contribution < -0.4 is 20.7 Å². The van der Waals surface area contributed by atoms with Gasteiger partial charge in [-0.2, -0.15) is 0 Å². The Morgan fingerprint density at radius 2 is 2.00 bits per heavy atom. The molecule has 0 fully saturated rings. The van der Waals surface area contributed by atoms with E-state index >= 15 is 0 Å². The minimum absolute atomic E-state index is 0.132. The summed E-state index contributed by atoms with van der Waals surface area (Å²) in [5, 5.41) is 8.27. The lowest BCUT2D eigenvalue weighted by Crippen LogP contribution is -2.35. The second-order valence-corrected chi connectivity index (χ2v) is 4.08. The monoisotopic (exact) mass is 265 g/mol. The van der Waals surface area contributed by atoms with Gasteiger partial charge < -0.3 is 20.7 Å².